The Morgan fingerprint density at radius 3 is 2.24 bits per heavy atom. The Morgan fingerprint density at radius 1 is 0.952 bits per heavy atom. The third-order valence-electron chi connectivity index (χ3n) is 2.96. The van der Waals surface area contributed by atoms with Crippen LogP contribution in [0.2, 0.25) is 0 Å². The lowest BCUT2D eigenvalue weighted by Crippen LogP contribution is -2.23. The van der Waals surface area contributed by atoms with Crippen LogP contribution in [0.15, 0.2) is 48.5 Å². The van der Waals surface area contributed by atoms with Gasteiger partial charge in [0, 0.05) is 17.8 Å². The number of methoxy groups -OCH3 is 1. The minimum atomic E-state index is -0.198. The van der Waals surface area contributed by atoms with Gasteiger partial charge in [-0.3, -0.25) is 0 Å². The first-order valence-corrected chi connectivity index (χ1v) is 7.13. The molecule has 0 heterocycles. The monoisotopic (exact) mass is 285 g/mol. The van der Waals surface area contributed by atoms with Crippen molar-refractivity contribution in [2.75, 3.05) is 12.4 Å². The van der Waals surface area contributed by atoms with Gasteiger partial charge in [-0.1, -0.05) is 18.2 Å². The van der Waals surface area contributed by atoms with E-state index in [-0.39, 0.29) is 5.60 Å². The lowest BCUT2D eigenvalue weighted by Gasteiger charge is -2.23. The molecule has 0 unspecified atom stereocenters. The van der Waals surface area contributed by atoms with Gasteiger partial charge >= 0.3 is 0 Å². The van der Waals surface area contributed by atoms with Gasteiger partial charge in [0.25, 0.3) is 0 Å². The number of para-hydroxylation sites is 1. The van der Waals surface area contributed by atoms with Gasteiger partial charge in [-0.25, -0.2) is 0 Å². The average Bonchev–Trinajstić information content (AvgIpc) is 2.45. The fraction of sp³-hybridized carbons (Fsp3) is 0.333. The molecule has 0 atom stereocenters. The van der Waals surface area contributed by atoms with Crippen molar-refractivity contribution in [1.82, 2.24) is 0 Å². The molecule has 0 aliphatic carbocycles. The summed E-state index contributed by atoms with van der Waals surface area (Å²) in [4.78, 5) is 0. The standard InChI is InChI=1S/C18H23NO2/c1-18(2,3)21-17-8-6-5-7-14(17)13-19-15-9-11-16(20-4)12-10-15/h5-12,19H,13H2,1-4H3. The number of ether oxygens (including phenoxy) is 2. The van der Waals surface area contributed by atoms with E-state index in [9.17, 15) is 0 Å². The van der Waals surface area contributed by atoms with E-state index in [0.29, 0.717) is 0 Å². The highest BCUT2D eigenvalue weighted by Gasteiger charge is 2.14. The first-order chi connectivity index (χ1) is 9.98. The minimum absolute atomic E-state index is 0.198. The molecule has 0 saturated carbocycles. The summed E-state index contributed by atoms with van der Waals surface area (Å²) >= 11 is 0. The lowest BCUT2D eigenvalue weighted by atomic mass is 10.1. The third kappa shape index (κ3) is 4.71. The Morgan fingerprint density at radius 2 is 1.62 bits per heavy atom. The second-order valence-corrected chi connectivity index (χ2v) is 5.90. The first kappa shape index (κ1) is 15.2. The summed E-state index contributed by atoms with van der Waals surface area (Å²) in [6, 6.07) is 16.0. The second-order valence-electron chi connectivity index (χ2n) is 5.90. The Kier molecular flexibility index (Phi) is 4.73. The quantitative estimate of drug-likeness (QED) is 0.878. The molecule has 3 nitrogen and oxygen atoms in total. The molecule has 21 heavy (non-hydrogen) atoms. The topological polar surface area (TPSA) is 30.5 Å². The van der Waals surface area contributed by atoms with Gasteiger partial charge < -0.3 is 14.8 Å². The number of hydrogen-bond acceptors (Lipinski definition) is 3. The zero-order valence-corrected chi connectivity index (χ0v) is 13.1. The van der Waals surface area contributed by atoms with Crippen LogP contribution in [0.1, 0.15) is 26.3 Å². The van der Waals surface area contributed by atoms with Crippen LogP contribution < -0.4 is 14.8 Å². The van der Waals surface area contributed by atoms with E-state index in [0.717, 1.165) is 29.3 Å². The number of anilines is 1. The van der Waals surface area contributed by atoms with E-state index in [1.165, 1.54) is 0 Å². The molecule has 3 heteroatoms. The molecule has 0 bridgehead atoms. The first-order valence-electron chi connectivity index (χ1n) is 7.13. The molecule has 0 spiro atoms. The molecule has 1 N–H and O–H groups in total. The normalized spacial score (nSPS) is 11.0. The van der Waals surface area contributed by atoms with Gasteiger partial charge in [-0.05, 0) is 51.1 Å². The van der Waals surface area contributed by atoms with E-state index in [1.807, 2.05) is 42.5 Å². The molecule has 0 aromatic heterocycles. The smallest absolute Gasteiger partial charge is 0.125 e. The van der Waals surface area contributed by atoms with Crippen LogP contribution in [0.3, 0.4) is 0 Å². The van der Waals surface area contributed by atoms with E-state index >= 15 is 0 Å². The van der Waals surface area contributed by atoms with Gasteiger partial charge in [0.1, 0.15) is 17.1 Å². The highest BCUT2D eigenvalue weighted by Crippen LogP contribution is 2.24. The van der Waals surface area contributed by atoms with Crippen LogP contribution in [-0.4, -0.2) is 12.7 Å². The molecule has 0 radical (unpaired) electrons. The number of benzene rings is 2. The molecule has 0 aliphatic rings. The fourth-order valence-electron chi connectivity index (χ4n) is 1.99. The average molecular weight is 285 g/mol. The summed E-state index contributed by atoms with van der Waals surface area (Å²) in [6.45, 7) is 6.89. The van der Waals surface area contributed by atoms with Crippen molar-refractivity contribution in [2.45, 2.75) is 32.9 Å². The molecular weight excluding hydrogens is 262 g/mol. The van der Waals surface area contributed by atoms with Crippen LogP contribution in [0.5, 0.6) is 11.5 Å². The Hall–Kier alpha value is -2.16. The minimum Gasteiger partial charge on any atom is -0.497 e. The van der Waals surface area contributed by atoms with Crippen LogP contribution in [0, 0.1) is 0 Å². The van der Waals surface area contributed by atoms with E-state index in [2.05, 4.69) is 32.2 Å². The largest absolute Gasteiger partial charge is 0.497 e. The molecule has 0 amide bonds. The summed E-state index contributed by atoms with van der Waals surface area (Å²) in [5.74, 6) is 1.78. The van der Waals surface area contributed by atoms with Crippen molar-refractivity contribution in [3.63, 3.8) is 0 Å². The van der Waals surface area contributed by atoms with Gasteiger partial charge in [0.2, 0.25) is 0 Å². The fourth-order valence-corrected chi connectivity index (χ4v) is 1.99. The summed E-state index contributed by atoms with van der Waals surface area (Å²) in [5, 5.41) is 3.40. The van der Waals surface area contributed by atoms with Gasteiger partial charge in [0.05, 0.1) is 7.11 Å². The summed E-state index contributed by atoms with van der Waals surface area (Å²) in [6.07, 6.45) is 0. The number of rotatable bonds is 5. The predicted molar refractivity (Wildman–Crippen MR) is 87.1 cm³/mol. The van der Waals surface area contributed by atoms with Crippen molar-refractivity contribution in [3.05, 3.63) is 54.1 Å². The molecule has 112 valence electrons. The zero-order chi connectivity index (χ0) is 15.3. The molecule has 2 aromatic carbocycles. The Bertz CT molecular complexity index is 571. The van der Waals surface area contributed by atoms with Gasteiger partial charge in [-0.2, -0.15) is 0 Å². The predicted octanol–water partition coefficient (Wildman–Crippen LogP) is 4.48. The van der Waals surface area contributed by atoms with E-state index < -0.39 is 0 Å². The van der Waals surface area contributed by atoms with Gasteiger partial charge in [-0.15, -0.1) is 0 Å². The van der Waals surface area contributed by atoms with Crippen molar-refractivity contribution in [1.29, 1.82) is 0 Å². The maximum absolute atomic E-state index is 6.00. The molecular formula is C18H23NO2. The number of nitrogens with one attached hydrogen (secondary N) is 1. The highest BCUT2D eigenvalue weighted by molar-refractivity contribution is 5.47. The van der Waals surface area contributed by atoms with Crippen LogP contribution in [0.25, 0.3) is 0 Å². The van der Waals surface area contributed by atoms with E-state index in [4.69, 9.17) is 9.47 Å². The lowest BCUT2D eigenvalue weighted by molar-refractivity contribution is 0.129. The maximum atomic E-state index is 6.00. The maximum Gasteiger partial charge on any atom is 0.125 e. The summed E-state index contributed by atoms with van der Waals surface area (Å²) in [7, 11) is 1.67. The highest BCUT2D eigenvalue weighted by atomic mass is 16.5. The third-order valence-corrected chi connectivity index (χ3v) is 2.96. The van der Waals surface area contributed by atoms with Crippen molar-refractivity contribution in [3.8, 4) is 11.5 Å². The van der Waals surface area contributed by atoms with Crippen LogP contribution >= 0.6 is 0 Å². The van der Waals surface area contributed by atoms with Crippen molar-refractivity contribution < 1.29 is 9.47 Å². The van der Waals surface area contributed by atoms with Crippen LogP contribution in [0.4, 0.5) is 5.69 Å². The van der Waals surface area contributed by atoms with Gasteiger partial charge in [0.15, 0.2) is 0 Å². The van der Waals surface area contributed by atoms with Crippen molar-refractivity contribution in [2.24, 2.45) is 0 Å². The Labute approximate surface area is 126 Å². The molecule has 2 rings (SSSR count). The molecule has 0 saturated heterocycles. The molecule has 2 aromatic rings. The second kappa shape index (κ2) is 6.53. The van der Waals surface area contributed by atoms with E-state index in [1.54, 1.807) is 7.11 Å². The summed E-state index contributed by atoms with van der Waals surface area (Å²) in [5.41, 5.74) is 2.00. The SMILES string of the molecule is COc1ccc(NCc2ccccc2OC(C)(C)C)cc1. The molecule has 0 fully saturated rings. The Balaban J connectivity index is 2.05. The number of hydrogen-bond donors (Lipinski definition) is 1. The van der Waals surface area contributed by atoms with Crippen molar-refractivity contribution >= 4 is 5.69 Å². The summed E-state index contributed by atoms with van der Waals surface area (Å²) < 4.78 is 11.2. The molecule has 0 aliphatic heterocycles. The van der Waals surface area contributed by atoms with Crippen LogP contribution in [-0.2, 0) is 6.54 Å². The zero-order valence-electron chi connectivity index (χ0n) is 13.1.